The van der Waals surface area contributed by atoms with Crippen molar-refractivity contribution in [1.82, 2.24) is 20.1 Å². The molecule has 3 saturated heterocycles. The van der Waals surface area contributed by atoms with Crippen molar-refractivity contribution >= 4 is 123 Å². The number of hydrogen-bond acceptors (Lipinski definition) is 23. The van der Waals surface area contributed by atoms with Crippen LogP contribution in [0.3, 0.4) is 0 Å². The van der Waals surface area contributed by atoms with Crippen LogP contribution in [0.15, 0.2) is 17.8 Å². The zero-order valence-electron chi connectivity index (χ0n) is 67.7. The number of alkyl halides is 3. The van der Waals surface area contributed by atoms with E-state index in [9.17, 15) is 91.8 Å². The number of nitrogens with zero attached hydrogens (tertiary/aromatic N) is 4. The van der Waals surface area contributed by atoms with Gasteiger partial charge in [-0.3, -0.25) is 23.3 Å². The van der Waals surface area contributed by atoms with Crippen molar-refractivity contribution in [2.45, 2.75) is 282 Å². The summed E-state index contributed by atoms with van der Waals surface area (Å²) >= 11 is 3.34. The molecular formula is C77H130F3N5O18S5. The minimum Gasteiger partial charge on any atom is -0.378 e. The van der Waals surface area contributed by atoms with Gasteiger partial charge in [-0.05, 0) is 196 Å². The molecule has 108 heavy (non-hydrogen) atoms. The van der Waals surface area contributed by atoms with E-state index in [4.69, 9.17) is 10.00 Å². The maximum Gasteiger partial charge on any atom is 0.389 e. The maximum atomic E-state index is 11.4. The average Bonchev–Trinajstić information content (AvgIpc) is 1.75. The highest BCUT2D eigenvalue weighted by molar-refractivity contribution is 7.98. The Bertz CT molecular complexity index is 3220. The fourth-order valence-corrected chi connectivity index (χ4v) is 14.6. The summed E-state index contributed by atoms with van der Waals surface area (Å²) in [6.07, 6.45) is 23.9. The summed E-state index contributed by atoms with van der Waals surface area (Å²) in [6.45, 7) is 22.0. The molecule has 2 aliphatic carbocycles. The number of amides is 1. The van der Waals surface area contributed by atoms with Crippen LogP contribution in [0.25, 0.3) is 0 Å². The first-order valence-corrected chi connectivity index (χ1v) is 44.6. The number of rotatable bonds is 31. The van der Waals surface area contributed by atoms with Crippen LogP contribution in [0.1, 0.15) is 273 Å². The summed E-state index contributed by atoms with van der Waals surface area (Å²) < 4.78 is 94.8. The van der Waals surface area contributed by atoms with Gasteiger partial charge in [0.2, 0.25) is 5.91 Å². The highest BCUT2D eigenvalue weighted by Gasteiger charge is 2.29. The molecule has 4 atom stereocenters. The number of unbranched alkanes of at least 4 members (excludes halogenated alkanes) is 2. The minimum atomic E-state index is -4.12. The number of carbonyl (C=O) groups excluding carboxylic acids is 12. The van der Waals surface area contributed by atoms with Gasteiger partial charge in [0.15, 0.2) is 9.84 Å². The lowest BCUT2D eigenvalue weighted by molar-refractivity contribution is -0.137. The predicted molar refractivity (Wildman–Crippen MR) is 425 cm³/mol. The van der Waals surface area contributed by atoms with Gasteiger partial charge in [-0.2, -0.15) is 35.3 Å². The second-order valence-corrected chi connectivity index (χ2v) is 35.9. The molecule has 5 aliphatic rings. The molecule has 1 amide bonds. The zero-order valence-corrected chi connectivity index (χ0v) is 71.8. The van der Waals surface area contributed by atoms with Crippen LogP contribution in [0.2, 0.25) is 0 Å². The van der Waals surface area contributed by atoms with Crippen molar-refractivity contribution < 1.29 is 96.5 Å². The van der Waals surface area contributed by atoms with E-state index in [0.717, 1.165) is 111 Å². The van der Waals surface area contributed by atoms with Gasteiger partial charge in [-0.15, -0.1) is 11.3 Å². The van der Waals surface area contributed by atoms with E-state index in [2.05, 4.69) is 28.6 Å². The number of thioether (sulfide) groups is 1. The van der Waals surface area contributed by atoms with E-state index < -0.39 is 43.1 Å². The predicted octanol–water partition coefficient (Wildman–Crippen LogP) is 14.0. The summed E-state index contributed by atoms with van der Waals surface area (Å²) in [5.41, 5.74) is 1.61. The van der Waals surface area contributed by atoms with E-state index in [-0.39, 0.29) is 88.8 Å². The van der Waals surface area contributed by atoms with Gasteiger partial charge in [0.05, 0.1) is 48.0 Å². The Balaban J connectivity index is -0.000000358. The third-order valence-electron chi connectivity index (χ3n) is 15.0. The molecular weight excluding hydrogens is 1500 g/mol. The van der Waals surface area contributed by atoms with Crippen molar-refractivity contribution in [1.29, 1.82) is 5.26 Å². The molecule has 2 aromatic heterocycles. The van der Waals surface area contributed by atoms with Crippen LogP contribution in [0.4, 0.5) is 13.2 Å². The molecule has 3 aliphatic heterocycles. The number of aryl methyl sites for hydroxylation is 2. The fraction of sp³-hybridized carbons (Fsp3) is 0.753. The molecule has 2 aromatic rings. The molecule has 4 unspecified atom stereocenters. The van der Waals surface area contributed by atoms with Crippen molar-refractivity contribution in [3.05, 3.63) is 34.0 Å². The van der Waals surface area contributed by atoms with E-state index in [1.807, 2.05) is 18.4 Å². The lowest BCUT2D eigenvalue weighted by atomic mass is 10.0. The van der Waals surface area contributed by atoms with Gasteiger partial charge < -0.3 is 53.2 Å². The molecule has 0 spiro atoms. The van der Waals surface area contributed by atoms with Gasteiger partial charge in [0, 0.05) is 131 Å². The summed E-state index contributed by atoms with van der Waals surface area (Å²) in [4.78, 5) is 129. The molecule has 5 fully saturated rings. The smallest absolute Gasteiger partial charge is 0.378 e. The van der Waals surface area contributed by atoms with Gasteiger partial charge >= 0.3 is 6.18 Å². The van der Waals surface area contributed by atoms with Crippen molar-refractivity contribution in [2.75, 3.05) is 60.7 Å². The van der Waals surface area contributed by atoms with E-state index in [0.29, 0.717) is 85.7 Å². The van der Waals surface area contributed by atoms with Gasteiger partial charge in [-0.25, -0.2) is 21.8 Å². The third-order valence-corrected chi connectivity index (χ3v) is 21.1. The van der Waals surface area contributed by atoms with Gasteiger partial charge in [0.25, 0.3) is 0 Å². The van der Waals surface area contributed by atoms with Crippen LogP contribution in [-0.2, 0) is 106 Å². The van der Waals surface area contributed by atoms with Gasteiger partial charge in [-0.1, -0.05) is 32.6 Å². The summed E-state index contributed by atoms with van der Waals surface area (Å²) in [7, 11) is -3.00. The number of hydrogen-bond donors (Lipinski definition) is 1. The molecule has 622 valence electrons. The number of halogens is 3. The van der Waals surface area contributed by atoms with E-state index in [1.54, 1.807) is 89.5 Å². The zero-order chi connectivity index (χ0) is 84.0. The molecule has 0 radical (unpaired) electrons. The molecule has 0 aromatic carbocycles. The van der Waals surface area contributed by atoms with Crippen LogP contribution in [0, 0.1) is 41.9 Å². The second-order valence-electron chi connectivity index (χ2n) is 27.8. The molecule has 2 saturated carbocycles. The first-order chi connectivity index (χ1) is 50.1. The number of carbonyl (C=O) groups is 12. The molecule has 31 heteroatoms. The largest absolute Gasteiger partial charge is 0.389 e. The van der Waals surface area contributed by atoms with Gasteiger partial charge in [0.1, 0.15) is 84.5 Å². The SMILES string of the molecule is CC(=O)CC1CC1.CC(=O)CC1CCS(=O)(=O)C1.CC(=O)CC1CCS(=O)C1.CC(=O)CCC1CC1.CC(=O)CCC1CCCO1.CC(=O)CCCC(F)(F)F.CC(=O)CCCS(C)(=O)=O.CC(=O)Cc1nc(C)cs1.CCCCCC(C)=O.CNC(=O)CC(C)=O.CSCCCC(C)=O.Cn1cc(C#N)cn1. The number of nitriles is 1. The average molecular weight is 1630 g/mol. The highest BCUT2D eigenvalue weighted by atomic mass is 32.2. The van der Waals surface area contributed by atoms with Crippen LogP contribution >= 0.6 is 23.1 Å². The Labute approximate surface area is 654 Å². The molecule has 5 heterocycles. The van der Waals surface area contributed by atoms with Crippen molar-refractivity contribution in [3.8, 4) is 6.07 Å². The number of aromatic nitrogens is 3. The third kappa shape index (κ3) is 92.7. The number of nitrogens with one attached hydrogen (secondary N) is 1. The fourth-order valence-electron chi connectivity index (χ4n) is 9.21. The van der Waals surface area contributed by atoms with Crippen LogP contribution < -0.4 is 5.32 Å². The Morgan fingerprint density at radius 2 is 1.18 bits per heavy atom. The molecule has 1 N–H and O–H groups in total. The Morgan fingerprint density at radius 3 is 1.51 bits per heavy atom. The van der Waals surface area contributed by atoms with Crippen LogP contribution in [0.5, 0.6) is 0 Å². The number of ether oxygens (including phenoxy) is 1. The molecule has 7 rings (SSSR count). The van der Waals surface area contributed by atoms with E-state index >= 15 is 0 Å². The molecule has 0 bridgehead atoms. The Morgan fingerprint density at radius 1 is 0.676 bits per heavy atom. The summed E-state index contributed by atoms with van der Waals surface area (Å²) in [6, 6.07) is 1.96. The first kappa shape index (κ1) is 111. The number of thiazole rings is 1. The lowest BCUT2D eigenvalue weighted by Crippen LogP contribution is -2.19. The maximum absolute atomic E-state index is 11.4. The highest BCUT2D eigenvalue weighted by Crippen LogP contribution is 2.33. The quantitative estimate of drug-likeness (QED) is 0.0541. The second kappa shape index (κ2) is 67.1. The Hall–Kier alpha value is -5.68. The van der Waals surface area contributed by atoms with Crippen LogP contribution in [-0.4, -0.2) is 178 Å². The number of Topliss-reactive ketones (excluding diaryl/α,β-unsaturated/α-hetero) is 11. The Kier molecular flexibility index (Phi) is 68.9. The normalized spacial score (nSPS) is 16.5. The van der Waals surface area contributed by atoms with E-state index in [1.165, 1.54) is 92.1 Å². The van der Waals surface area contributed by atoms with Crippen molar-refractivity contribution in [2.24, 2.45) is 30.7 Å². The molecule has 23 nitrogen and oxygen atoms in total. The lowest BCUT2D eigenvalue weighted by Gasteiger charge is -2.05. The minimum absolute atomic E-state index is 0.00347. The topological polar surface area (TPSA) is 366 Å². The summed E-state index contributed by atoms with van der Waals surface area (Å²) in [5.74, 6) is 7.07. The number of ketones is 11. The first-order valence-electron chi connectivity index (χ1n) is 36.9. The number of sulfone groups is 2. The monoisotopic (exact) mass is 1630 g/mol. The summed E-state index contributed by atoms with van der Waals surface area (Å²) in [5, 5.41) is 17.2. The van der Waals surface area contributed by atoms with Crippen molar-refractivity contribution in [3.63, 3.8) is 0 Å². The standard InChI is InChI=1S/C8H14O2.C7H9NOS.C7H12O3S.C7H12O2S.C7H12O.C7H14O.C6H9F3O.C6H12O3S.C6H12OS.C6H10O.C5H5N3.C5H9NO2/c1-7(9)4-5-8-3-2-6-10-8;1-5-4-10-7(8-5)3-6(2)9;1-6(8)4-7-2-3-11(9,10)5-7;1-6(8)4-7-2-3-10(9)5-7;1-6(8)2-3-7-4-5-7;1-3-4-5-6-7(2)8;1-5(10)3-2-4-6(7,8)9;1-6(7)4-3-5-10(2,8)9;1-6(7)4-3-5-8-2;1-5(7)4-6-2-3-6;1-8-4-5(2-6)3-7-8;1-4(7)3-5(8)6-2/h8H,2-6H2,1H3;4H,3H2,1-2H3;7H,2-5H2,1H3;7H,2-5H2,1H3;7H,2-5H2,1H3;3-6H2,1-2H3;2-4H2,1H3;3-5H2,1-2H3;3-5H2,1-2H3;6H,2-4H2,1H3;3-4H,1H3;3H2,1-2H3,(H,6,8).